The topological polar surface area (TPSA) is 75.8 Å². The Labute approximate surface area is 96.3 Å². The predicted molar refractivity (Wildman–Crippen MR) is 58.8 cm³/mol. The summed E-state index contributed by atoms with van der Waals surface area (Å²) >= 11 is 0. The summed E-state index contributed by atoms with van der Waals surface area (Å²) in [5.41, 5.74) is 1.54. The summed E-state index contributed by atoms with van der Waals surface area (Å²) in [5.74, 6) is 0.757. The molecule has 0 atom stereocenters. The Bertz CT molecular complexity index is 706. The zero-order valence-electron chi connectivity index (χ0n) is 8.75. The molecule has 0 amide bonds. The van der Waals surface area contributed by atoms with E-state index in [-0.39, 0.29) is 6.42 Å². The molecule has 3 rings (SSSR count). The van der Waals surface area contributed by atoms with E-state index in [1.54, 1.807) is 6.26 Å². The zero-order valence-corrected chi connectivity index (χ0v) is 8.75. The lowest BCUT2D eigenvalue weighted by Gasteiger charge is -1.88. The van der Waals surface area contributed by atoms with E-state index in [0.29, 0.717) is 11.7 Å². The first-order chi connectivity index (χ1) is 8.38. The molecule has 0 spiro atoms. The molecule has 5 heteroatoms. The molecular formula is C12H7N3O2. The number of hydrogen-bond acceptors (Lipinski definition) is 5. The first kappa shape index (κ1) is 9.60. The van der Waals surface area contributed by atoms with Gasteiger partial charge in [0.05, 0.1) is 11.6 Å². The highest BCUT2D eigenvalue weighted by molar-refractivity contribution is 5.91. The van der Waals surface area contributed by atoms with Gasteiger partial charge in [-0.3, -0.25) is 0 Å². The van der Waals surface area contributed by atoms with Crippen molar-refractivity contribution in [2.75, 3.05) is 0 Å². The SMILES string of the molecule is N#CCc1nc(-c2coc3ccccc23)no1. The Kier molecular flexibility index (Phi) is 2.12. The second kappa shape index (κ2) is 3.76. The van der Waals surface area contributed by atoms with E-state index in [1.807, 2.05) is 30.3 Å². The van der Waals surface area contributed by atoms with Crippen molar-refractivity contribution >= 4 is 11.0 Å². The van der Waals surface area contributed by atoms with Gasteiger partial charge in [0.25, 0.3) is 0 Å². The van der Waals surface area contributed by atoms with Crippen molar-refractivity contribution < 1.29 is 8.94 Å². The highest BCUT2D eigenvalue weighted by Gasteiger charge is 2.13. The van der Waals surface area contributed by atoms with Gasteiger partial charge in [-0.2, -0.15) is 10.2 Å². The van der Waals surface area contributed by atoms with Crippen LogP contribution >= 0.6 is 0 Å². The van der Waals surface area contributed by atoms with Crippen molar-refractivity contribution in [3.63, 3.8) is 0 Å². The molecule has 17 heavy (non-hydrogen) atoms. The molecule has 3 aromatic rings. The fourth-order valence-electron chi connectivity index (χ4n) is 1.65. The lowest BCUT2D eigenvalue weighted by Crippen LogP contribution is -1.81. The number of benzene rings is 1. The second-order valence-electron chi connectivity index (χ2n) is 3.49. The largest absolute Gasteiger partial charge is 0.464 e. The normalized spacial score (nSPS) is 10.5. The highest BCUT2D eigenvalue weighted by atomic mass is 16.5. The summed E-state index contributed by atoms with van der Waals surface area (Å²) in [5, 5.41) is 13.3. The molecule has 0 aliphatic carbocycles. The number of nitriles is 1. The Morgan fingerprint density at radius 2 is 2.18 bits per heavy atom. The third kappa shape index (κ3) is 1.56. The van der Waals surface area contributed by atoms with Crippen LogP contribution in [0.25, 0.3) is 22.4 Å². The summed E-state index contributed by atoms with van der Waals surface area (Å²) in [6, 6.07) is 9.57. The molecule has 0 saturated heterocycles. The third-order valence-corrected chi connectivity index (χ3v) is 2.42. The van der Waals surface area contributed by atoms with Crippen molar-refractivity contribution in [1.29, 1.82) is 5.26 Å². The number of fused-ring (bicyclic) bond motifs is 1. The molecule has 0 saturated carbocycles. The monoisotopic (exact) mass is 225 g/mol. The molecule has 82 valence electrons. The first-order valence-corrected chi connectivity index (χ1v) is 5.04. The average Bonchev–Trinajstić information content (AvgIpc) is 2.95. The number of aromatic nitrogens is 2. The number of nitrogens with zero attached hydrogens (tertiary/aromatic N) is 3. The van der Waals surface area contributed by atoms with Crippen molar-refractivity contribution in [3.8, 4) is 17.5 Å². The summed E-state index contributed by atoms with van der Waals surface area (Å²) in [6.45, 7) is 0. The van der Waals surface area contributed by atoms with Crippen LogP contribution in [0.5, 0.6) is 0 Å². The second-order valence-corrected chi connectivity index (χ2v) is 3.49. The number of rotatable bonds is 2. The molecule has 2 heterocycles. The molecule has 0 bridgehead atoms. The Balaban J connectivity index is 2.11. The Hall–Kier alpha value is -2.61. The van der Waals surface area contributed by atoms with Gasteiger partial charge in [-0.05, 0) is 6.07 Å². The molecule has 5 nitrogen and oxygen atoms in total. The van der Waals surface area contributed by atoms with Gasteiger partial charge in [-0.25, -0.2) is 0 Å². The summed E-state index contributed by atoms with van der Waals surface area (Å²) in [6.07, 6.45) is 1.70. The van der Waals surface area contributed by atoms with Gasteiger partial charge in [0, 0.05) is 5.39 Å². The molecule has 0 aliphatic heterocycles. The Morgan fingerprint density at radius 1 is 1.29 bits per heavy atom. The maximum Gasteiger partial charge on any atom is 0.241 e. The zero-order chi connectivity index (χ0) is 11.7. The molecule has 1 aromatic carbocycles. The third-order valence-electron chi connectivity index (χ3n) is 2.42. The quantitative estimate of drug-likeness (QED) is 0.669. The van der Waals surface area contributed by atoms with Gasteiger partial charge in [0.1, 0.15) is 18.3 Å². The number of para-hydroxylation sites is 1. The lowest BCUT2D eigenvalue weighted by atomic mass is 10.2. The van der Waals surface area contributed by atoms with Crippen LogP contribution in [0.4, 0.5) is 0 Å². The molecular weight excluding hydrogens is 218 g/mol. The molecule has 0 N–H and O–H groups in total. The van der Waals surface area contributed by atoms with Gasteiger partial charge in [0.2, 0.25) is 11.7 Å². The van der Waals surface area contributed by atoms with Crippen LogP contribution in [0.2, 0.25) is 0 Å². The summed E-state index contributed by atoms with van der Waals surface area (Å²) in [7, 11) is 0. The Morgan fingerprint density at radius 3 is 3.06 bits per heavy atom. The summed E-state index contributed by atoms with van der Waals surface area (Å²) < 4.78 is 10.3. The van der Waals surface area contributed by atoms with Crippen molar-refractivity contribution in [2.24, 2.45) is 0 Å². The molecule has 0 fully saturated rings. The van der Waals surface area contributed by atoms with E-state index in [2.05, 4.69) is 10.1 Å². The van der Waals surface area contributed by atoms with Crippen molar-refractivity contribution in [3.05, 3.63) is 36.4 Å². The predicted octanol–water partition coefficient (Wildman–Crippen LogP) is 2.55. The van der Waals surface area contributed by atoms with E-state index in [4.69, 9.17) is 14.2 Å². The maximum absolute atomic E-state index is 8.53. The molecule has 0 aliphatic rings. The number of hydrogen-bond donors (Lipinski definition) is 0. The van der Waals surface area contributed by atoms with Crippen molar-refractivity contribution in [2.45, 2.75) is 6.42 Å². The van der Waals surface area contributed by atoms with Crippen LogP contribution in [0, 0.1) is 11.3 Å². The van der Waals surface area contributed by atoms with Gasteiger partial charge in [-0.1, -0.05) is 23.4 Å². The summed E-state index contributed by atoms with van der Waals surface area (Å²) in [4.78, 5) is 4.13. The van der Waals surface area contributed by atoms with E-state index in [0.717, 1.165) is 16.5 Å². The van der Waals surface area contributed by atoms with Gasteiger partial charge in [-0.15, -0.1) is 0 Å². The fourth-order valence-corrected chi connectivity index (χ4v) is 1.65. The molecule has 2 aromatic heterocycles. The van der Waals surface area contributed by atoms with Crippen LogP contribution in [0.3, 0.4) is 0 Å². The average molecular weight is 225 g/mol. The smallest absolute Gasteiger partial charge is 0.241 e. The standard InChI is InChI=1S/C12H7N3O2/c13-6-5-11-14-12(15-17-11)9-7-16-10-4-2-1-3-8(9)10/h1-4,7H,5H2. The highest BCUT2D eigenvalue weighted by Crippen LogP contribution is 2.28. The molecule has 0 radical (unpaired) electrons. The number of furan rings is 1. The first-order valence-electron chi connectivity index (χ1n) is 5.04. The van der Waals surface area contributed by atoms with Crippen LogP contribution in [0.1, 0.15) is 5.89 Å². The van der Waals surface area contributed by atoms with Gasteiger partial charge in [0.15, 0.2) is 0 Å². The minimum atomic E-state index is 0.114. The van der Waals surface area contributed by atoms with Crippen LogP contribution in [-0.4, -0.2) is 10.1 Å². The van der Waals surface area contributed by atoms with E-state index < -0.39 is 0 Å². The van der Waals surface area contributed by atoms with Crippen LogP contribution < -0.4 is 0 Å². The molecule has 0 unspecified atom stereocenters. The van der Waals surface area contributed by atoms with E-state index in [9.17, 15) is 0 Å². The van der Waals surface area contributed by atoms with E-state index in [1.165, 1.54) is 0 Å². The maximum atomic E-state index is 8.53. The minimum absolute atomic E-state index is 0.114. The van der Waals surface area contributed by atoms with E-state index >= 15 is 0 Å². The lowest BCUT2D eigenvalue weighted by molar-refractivity contribution is 0.388. The van der Waals surface area contributed by atoms with Crippen molar-refractivity contribution in [1.82, 2.24) is 10.1 Å². The minimum Gasteiger partial charge on any atom is -0.464 e. The van der Waals surface area contributed by atoms with Crippen LogP contribution in [-0.2, 0) is 6.42 Å². The fraction of sp³-hybridized carbons (Fsp3) is 0.0833. The van der Waals surface area contributed by atoms with Gasteiger partial charge >= 0.3 is 0 Å². The van der Waals surface area contributed by atoms with Crippen LogP contribution in [0.15, 0.2) is 39.5 Å². The van der Waals surface area contributed by atoms with Gasteiger partial charge < -0.3 is 8.94 Å².